The van der Waals surface area contributed by atoms with Crippen molar-refractivity contribution in [2.45, 2.75) is 6.54 Å². The Balaban J connectivity index is 1.87. The van der Waals surface area contributed by atoms with E-state index in [1.807, 2.05) is 6.07 Å². The predicted octanol–water partition coefficient (Wildman–Crippen LogP) is 3.39. The van der Waals surface area contributed by atoms with Crippen LogP contribution in [0.3, 0.4) is 0 Å². The maximum atomic E-state index is 14.1. The first kappa shape index (κ1) is 19.5. The van der Waals surface area contributed by atoms with E-state index < -0.39 is 17.2 Å². The molecular formula is C23H17F2N3O2. The highest BCUT2D eigenvalue weighted by Crippen LogP contribution is 2.34. The van der Waals surface area contributed by atoms with Gasteiger partial charge in [0, 0.05) is 18.5 Å². The van der Waals surface area contributed by atoms with Gasteiger partial charge < -0.3 is 9.47 Å². The van der Waals surface area contributed by atoms with Gasteiger partial charge in [0.05, 0.1) is 23.7 Å². The third-order valence-electron chi connectivity index (χ3n) is 5.37. The van der Waals surface area contributed by atoms with E-state index in [4.69, 9.17) is 0 Å². The van der Waals surface area contributed by atoms with Crippen LogP contribution in [0, 0.1) is 28.9 Å². The lowest BCUT2D eigenvalue weighted by Gasteiger charge is -2.40. The van der Waals surface area contributed by atoms with E-state index in [0.717, 1.165) is 0 Å². The number of carbonyl (C=O) groups excluding carboxylic acids is 1. The number of nitriles is 1. The van der Waals surface area contributed by atoms with E-state index in [1.165, 1.54) is 53.1 Å². The highest BCUT2D eigenvalue weighted by atomic mass is 19.1. The molecule has 150 valence electrons. The number of nitrogens with zero attached hydrogens (tertiary/aromatic N) is 3. The fourth-order valence-corrected chi connectivity index (χ4v) is 3.78. The standard InChI is InChI=1S/C23H17F2N3O2/c1-2-21(29)15-12-27(13-15)22-18-8-7-17(25)9-20(18)28(23(30)19(22)10-26)11-14-3-5-16(24)6-4-14/h2-9,15H,1,11-13H2. The monoisotopic (exact) mass is 405 g/mol. The Hall–Kier alpha value is -3.79. The summed E-state index contributed by atoms with van der Waals surface area (Å²) < 4.78 is 28.6. The molecule has 7 heteroatoms. The van der Waals surface area contributed by atoms with Crippen LogP contribution in [0.4, 0.5) is 14.5 Å². The summed E-state index contributed by atoms with van der Waals surface area (Å²) in [5.74, 6) is -1.26. The Morgan fingerprint density at radius 1 is 1.17 bits per heavy atom. The molecule has 0 unspecified atom stereocenters. The molecule has 0 atom stereocenters. The average Bonchev–Trinajstić information content (AvgIpc) is 2.70. The fraction of sp³-hybridized carbons (Fsp3) is 0.174. The van der Waals surface area contributed by atoms with Gasteiger partial charge in [-0.3, -0.25) is 9.59 Å². The van der Waals surface area contributed by atoms with Crippen molar-refractivity contribution in [2.75, 3.05) is 18.0 Å². The lowest BCUT2D eigenvalue weighted by molar-refractivity contribution is -0.118. The average molecular weight is 405 g/mol. The first-order valence-corrected chi connectivity index (χ1v) is 9.34. The summed E-state index contributed by atoms with van der Waals surface area (Å²) in [6, 6.07) is 11.7. The number of allylic oxidation sites excluding steroid dienone is 1. The van der Waals surface area contributed by atoms with Gasteiger partial charge in [-0.25, -0.2) is 8.78 Å². The van der Waals surface area contributed by atoms with Crippen molar-refractivity contribution >= 4 is 22.4 Å². The van der Waals surface area contributed by atoms with Crippen molar-refractivity contribution in [3.63, 3.8) is 0 Å². The van der Waals surface area contributed by atoms with E-state index >= 15 is 0 Å². The van der Waals surface area contributed by atoms with Crippen molar-refractivity contribution in [3.8, 4) is 6.07 Å². The Bertz CT molecular complexity index is 1270. The largest absolute Gasteiger partial charge is 0.368 e. The molecule has 0 amide bonds. The number of fused-ring (bicyclic) bond motifs is 1. The van der Waals surface area contributed by atoms with Crippen LogP contribution >= 0.6 is 0 Å². The van der Waals surface area contributed by atoms with Crippen LogP contribution in [-0.4, -0.2) is 23.4 Å². The van der Waals surface area contributed by atoms with Crippen LogP contribution in [0.2, 0.25) is 0 Å². The number of ketones is 1. The third kappa shape index (κ3) is 3.26. The van der Waals surface area contributed by atoms with E-state index in [0.29, 0.717) is 35.2 Å². The molecule has 0 N–H and O–H groups in total. The molecule has 1 aliphatic rings. The molecule has 1 aromatic heterocycles. The Labute approximate surface area is 171 Å². The predicted molar refractivity (Wildman–Crippen MR) is 109 cm³/mol. The van der Waals surface area contributed by atoms with Gasteiger partial charge >= 0.3 is 0 Å². The minimum Gasteiger partial charge on any atom is -0.368 e. The summed E-state index contributed by atoms with van der Waals surface area (Å²) in [5.41, 5.74) is 0.744. The molecule has 0 spiro atoms. The summed E-state index contributed by atoms with van der Waals surface area (Å²) in [7, 11) is 0. The molecule has 4 rings (SSSR count). The third-order valence-corrected chi connectivity index (χ3v) is 5.37. The van der Waals surface area contributed by atoms with Gasteiger partial charge in [0.1, 0.15) is 23.3 Å². The van der Waals surface area contributed by atoms with E-state index in [1.54, 1.807) is 4.90 Å². The molecule has 30 heavy (non-hydrogen) atoms. The van der Waals surface area contributed by atoms with Gasteiger partial charge in [-0.05, 0) is 42.0 Å². The molecule has 0 saturated carbocycles. The highest BCUT2D eigenvalue weighted by molar-refractivity contribution is 5.98. The zero-order valence-corrected chi connectivity index (χ0v) is 15.9. The minimum absolute atomic E-state index is 0.0611. The van der Waals surface area contributed by atoms with Crippen LogP contribution in [0.25, 0.3) is 10.9 Å². The number of pyridine rings is 1. The van der Waals surface area contributed by atoms with Crippen molar-refractivity contribution in [1.82, 2.24) is 4.57 Å². The van der Waals surface area contributed by atoms with Crippen LogP contribution in [0.15, 0.2) is 59.9 Å². The summed E-state index contributed by atoms with van der Waals surface area (Å²) >= 11 is 0. The molecule has 5 nitrogen and oxygen atoms in total. The molecule has 2 heterocycles. The molecule has 0 bridgehead atoms. The number of benzene rings is 2. The molecule has 1 saturated heterocycles. The maximum Gasteiger partial charge on any atom is 0.271 e. The zero-order chi connectivity index (χ0) is 21.4. The number of hydrogen-bond acceptors (Lipinski definition) is 4. The minimum atomic E-state index is -0.562. The SMILES string of the molecule is C=CC(=O)C1CN(c2c(C#N)c(=O)n(Cc3ccc(F)cc3)c3cc(F)ccc23)C1. The van der Waals surface area contributed by atoms with E-state index in [9.17, 15) is 23.6 Å². The second-order valence-corrected chi connectivity index (χ2v) is 7.22. The van der Waals surface area contributed by atoms with Crippen molar-refractivity contribution in [1.29, 1.82) is 5.26 Å². The summed E-state index contributed by atoms with van der Waals surface area (Å²) in [6.45, 7) is 4.26. The number of hydrogen-bond donors (Lipinski definition) is 0. The lowest BCUT2D eigenvalue weighted by Crippen LogP contribution is -2.51. The molecule has 1 fully saturated rings. The molecule has 3 aromatic rings. The summed E-state index contributed by atoms with van der Waals surface area (Å²) in [5, 5.41) is 10.3. The van der Waals surface area contributed by atoms with Crippen molar-refractivity contribution < 1.29 is 13.6 Å². The van der Waals surface area contributed by atoms with Crippen LogP contribution < -0.4 is 10.5 Å². The topological polar surface area (TPSA) is 66.1 Å². The molecule has 0 radical (unpaired) electrons. The molecule has 0 aliphatic carbocycles. The fourth-order valence-electron chi connectivity index (χ4n) is 3.78. The van der Waals surface area contributed by atoms with Crippen LogP contribution in [0.5, 0.6) is 0 Å². The maximum absolute atomic E-state index is 14.1. The number of rotatable bonds is 5. The smallest absolute Gasteiger partial charge is 0.271 e. The highest BCUT2D eigenvalue weighted by Gasteiger charge is 2.34. The molecular weight excluding hydrogens is 388 g/mol. The van der Waals surface area contributed by atoms with Gasteiger partial charge in [0.15, 0.2) is 5.78 Å². The Morgan fingerprint density at radius 3 is 2.47 bits per heavy atom. The first-order valence-electron chi connectivity index (χ1n) is 9.34. The van der Waals surface area contributed by atoms with Crippen LogP contribution in [0.1, 0.15) is 11.1 Å². The van der Waals surface area contributed by atoms with Crippen molar-refractivity contribution in [3.05, 3.63) is 88.2 Å². The number of aromatic nitrogens is 1. The van der Waals surface area contributed by atoms with E-state index in [2.05, 4.69) is 6.58 Å². The normalized spacial score (nSPS) is 13.7. The second kappa shape index (κ2) is 7.56. The van der Waals surface area contributed by atoms with E-state index in [-0.39, 0.29) is 23.8 Å². The summed E-state index contributed by atoms with van der Waals surface area (Å²) in [4.78, 5) is 26.8. The van der Waals surface area contributed by atoms with Crippen LogP contribution in [-0.2, 0) is 11.3 Å². The number of carbonyl (C=O) groups is 1. The second-order valence-electron chi connectivity index (χ2n) is 7.22. The zero-order valence-electron chi connectivity index (χ0n) is 15.9. The Morgan fingerprint density at radius 2 is 1.83 bits per heavy atom. The Kier molecular flexibility index (Phi) is 4.92. The van der Waals surface area contributed by atoms with Gasteiger partial charge in [-0.1, -0.05) is 18.7 Å². The molecule has 2 aromatic carbocycles. The first-order chi connectivity index (χ1) is 14.4. The number of anilines is 1. The number of halogens is 2. The van der Waals surface area contributed by atoms with Gasteiger partial charge in [0.2, 0.25) is 0 Å². The van der Waals surface area contributed by atoms with Gasteiger partial charge in [-0.15, -0.1) is 0 Å². The summed E-state index contributed by atoms with van der Waals surface area (Å²) in [6.07, 6.45) is 1.27. The van der Waals surface area contributed by atoms with Crippen molar-refractivity contribution in [2.24, 2.45) is 5.92 Å². The van der Waals surface area contributed by atoms with Gasteiger partial charge in [0.25, 0.3) is 5.56 Å². The quantitative estimate of drug-likeness (QED) is 0.611. The molecule has 1 aliphatic heterocycles. The van der Waals surface area contributed by atoms with Gasteiger partial charge in [-0.2, -0.15) is 5.26 Å². The lowest BCUT2D eigenvalue weighted by atomic mass is 9.92.